The molecule has 1 unspecified atom stereocenters. The third kappa shape index (κ3) is 3.48. The van der Waals surface area contributed by atoms with Crippen molar-refractivity contribution in [3.63, 3.8) is 0 Å². The van der Waals surface area contributed by atoms with Crippen LogP contribution in [0.3, 0.4) is 0 Å². The van der Waals surface area contributed by atoms with Gasteiger partial charge in [-0.25, -0.2) is 9.78 Å². The van der Waals surface area contributed by atoms with Gasteiger partial charge in [-0.1, -0.05) is 42.5 Å². The monoisotopic (exact) mass is 372 g/mol. The van der Waals surface area contributed by atoms with Crippen LogP contribution in [0.5, 0.6) is 5.75 Å². The Hall–Kier alpha value is -3.93. The Kier molecular flexibility index (Phi) is 4.60. The van der Waals surface area contributed by atoms with Gasteiger partial charge in [-0.3, -0.25) is 4.79 Å². The van der Waals surface area contributed by atoms with Gasteiger partial charge in [0, 0.05) is 11.1 Å². The highest BCUT2D eigenvalue weighted by atomic mass is 16.5. The number of hydrogen-bond acceptors (Lipinski definition) is 4. The van der Waals surface area contributed by atoms with Crippen molar-refractivity contribution in [2.24, 2.45) is 0 Å². The molecule has 0 bridgehead atoms. The molecule has 1 atom stereocenters. The van der Waals surface area contributed by atoms with Gasteiger partial charge < -0.3 is 14.8 Å². The fourth-order valence-corrected chi connectivity index (χ4v) is 2.94. The van der Waals surface area contributed by atoms with Gasteiger partial charge in [0.2, 0.25) is 6.10 Å². The lowest BCUT2D eigenvalue weighted by atomic mass is 10.1. The Morgan fingerprint density at radius 1 is 0.929 bits per heavy atom. The van der Waals surface area contributed by atoms with E-state index < -0.39 is 12.1 Å². The Bertz CT molecular complexity index is 1180. The Labute approximate surface area is 160 Å². The molecule has 6 heteroatoms. The summed E-state index contributed by atoms with van der Waals surface area (Å²) in [7, 11) is 0. The number of benzene rings is 3. The summed E-state index contributed by atoms with van der Waals surface area (Å²) in [5, 5.41) is 10.0. The number of aliphatic carboxylic acids is 1. The molecule has 0 fully saturated rings. The van der Waals surface area contributed by atoms with Gasteiger partial charge in [-0.2, -0.15) is 0 Å². The van der Waals surface area contributed by atoms with Gasteiger partial charge >= 0.3 is 5.97 Å². The number of ether oxygens (including phenoxy) is 1. The first-order valence-electron chi connectivity index (χ1n) is 8.66. The lowest BCUT2D eigenvalue weighted by Gasteiger charge is -2.15. The number of aromatic nitrogens is 2. The number of aromatic amines is 1. The van der Waals surface area contributed by atoms with Crippen molar-refractivity contribution < 1.29 is 14.6 Å². The number of nitrogens with zero attached hydrogens (tertiary/aromatic N) is 1. The lowest BCUT2D eigenvalue weighted by molar-refractivity contribution is -0.145. The topological polar surface area (TPSA) is 92.3 Å². The molecule has 4 aromatic rings. The summed E-state index contributed by atoms with van der Waals surface area (Å²) in [6.07, 6.45) is -1.11. The fourth-order valence-electron chi connectivity index (χ4n) is 2.94. The quantitative estimate of drug-likeness (QED) is 0.556. The molecule has 1 heterocycles. The van der Waals surface area contributed by atoms with Gasteiger partial charge in [-0.15, -0.1) is 0 Å². The first-order valence-corrected chi connectivity index (χ1v) is 8.66. The molecule has 4 rings (SSSR count). The predicted molar refractivity (Wildman–Crippen MR) is 105 cm³/mol. The number of rotatable bonds is 5. The molecule has 138 valence electrons. The number of hydrogen-bond donors (Lipinski definition) is 2. The van der Waals surface area contributed by atoms with E-state index in [4.69, 9.17) is 4.74 Å². The Morgan fingerprint density at radius 3 is 2.32 bits per heavy atom. The third-order valence-electron chi connectivity index (χ3n) is 4.32. The maximum Gasteiger partial charge on any atom is 0.349 e. The van der Waals surface area contributed by atoms with Crippen molar-refractivity contribution in [2.75, 3.05) is 0 Å². The summed E-state index contributed by atoms with van der Waals surface area (Å²) in [6, 6.07) is 22.6. The molecule has 0 aliphatic rings. The highest BCUT2D eigenvalue weighted by molar-refractivity contribution is 5.79. The van der Waals surface area contributed by atoms with Gasteiger partial charge in [0.05, 0.1) is 10.9 Å². The Balaban J connectivity index is 1.62. The summed E-state index contributed by atoms with van der Waals surface area (Å²) in [6.45, 7) is 0. The summed E-state index contributed by atoms with van der Waals surface area (Å²) in [5.74, 6) is -0.230. The molecule has 0 amide bonds. The van der Waals surface area contributed by atoms with Crippen LogP contribution in [0.1, 0.15) is 11.7 Å². The molecule has 0 spiro atoms. The largest absolute Gasteiger partial charge is 0.478 e. The minimum Gasteiger partial charge on any atom is -0.478 e. The van der Waals surface area contributed by atoms with E-state index in [0.717, 1.165) is 0 Å². The van der Waals surface area contributed by atoms with E-state index in [2.05, 4.69) is 9.97 Å². The highest BCUT2D eigenvalue weighted by Gasteiger charge is 2.21. The molecule has 28 heavy (non-hydrogen) atoms. The standard InChI is InChI=1S/C22H16N2O4/c25-21-17-8-4-5-9-18(17)23-20(24-21)15-10-12-16(13-11-15)28-19(22(26)27)14-6-2-1-3-7-14/h1-13,19H,(H,26,27)(H,23,24,25). The van der Waals surface area contributed by atoms with Crippen molar-refractivity contribution in [3.8, 4) is 17.1 Å². The predicted octanol–water partition coefficient (Wildman–Crippen LogP) is 3.79. The van der Waals surface area contributed by atoms with Crippen LogP contribution in [0.15, 0.2) is 83.7 Å². The van der Waals surface area contributed by atoms with Crippen molar-refractivity contribution in [2.45, 2.75) is 6.10 Å². The zero-order valence-corrected chi connectivity index (χ0v) is 14.7. The van der Waals surface area contributed by atoms with E-state index in [1.165, 1.54) is 0 Å². The minimum absolute atomic E-state index is 0.212. The first kappa shape index (κ1) is 17.5. The molecule has 0 aliphatic carbocycles. The van der Waals surface area contributed by atoms with Crippen LogP contribution < -0.4 is 10.3 Å². The van der Waals surface area contributed by atoms with E-state index in [-0.39, 0.29) is 5.56 Å². The van der Waals surface area contributed by atoms with Crippen LogP contribution in [0, 0.1) is 0 Å². The third-order valence-corrected chi connectivity index (χ3v) is 4.32. The molecule has 2 N–H and O–H groups in total. The molecular weight excluding hydrogens is 356 g/mol. The zero-order chi connectivity index (χ0) is 19.5. The second-order valence-corrected chi connectivity index (χ2v) is 6.20. The van der Waals surface area contributed by atoms with Crippen LogP contribution in [0.4, 0.5) is 0 Å². The van der Waals surface area contributed by atoms with Gasteiger partial charge in [0.15, 0.2) is 0 Å². The van der Waals surface area contributed by atoms with Gasteiger partial charge in [0.25, 0.3) is 5.56 Å². The van der Waals surface area contributed by atoms with Gasteiger partial charge in [0.1, 0.15) is 11.6 Å². The van der Waals surface area contributed by atoms with E-state index in [1.807, 2.05) is 12.1 Å². The summed E-state index contributed by atoms with van der Waals surface area (Å²) in [5.41, 5.74) is 1.65. The number of carboxylic acids is 1. The molecule has 0 aliphatic heterocycles. The number of fused-ring (bicyclic) bond motifs is 1. The van der Waals surface area contributed by atoms with Crippen LogP contribution >= 0.6 is 0 Å². The van der Waals surface area contributed by atoms with Crippen LogP contribution in [-0.4, -0.2) is 21.0 Å². The highest BCUT2D eigenvalue weighted by Crippen LogP contribution is 2.25. The maximum absolute atomic E-state index is 12.2. The average Bonchev–Trinajstić information content (AvgIpc) is 2.73. The van der Waals surface area contributed by atoms with Crippen LogP contribution in [0.25, 0.3) is 22.3 Å². The first-order chi connectivity index (χ1) is 13.6. The lowest BCUT2D eigenvalue weighted by Crippen LogP contribution is -2.18. The number of carbonyl (C=O) groups is 1. The van der Waals surface area contributed by atoms with Crippen molar-refractivity contribution in [1.29, 1.82) is 0 Å². The van der Waals surface area contributed by atoms with Crippen molar-refractivity contribution in [3.05, 3.63) is 94.8 Å². The number of H-pyrrole nitrogens is 1. The molecule has 1 aromatic heterocycles. The zero-order valence-electron chi connectivity index (χ0n) is 14.7. The van der Waals surface area contributed by atoms with Crippen LogP contribution in [-0.2, 0) is 4.79 Å². The summed E-state index contributed by atoms with van der Waals surface area (Å²) >= 11 is 0. The second kappa shape index (κ2) is 7.36. The average molecular weight is 372 g/mol. The van der Waals surface area contributed by atoms with E-state index >= 15 is 0 Å². The second-order valence-electron chi connectivity index (χ2n) is 6.20. The maximum atomic E-state index is 12.2. The molecule has 0 saturated carbocycles. The smallest absolute Gasteiger partial charge is 0.349 e. The van der Waals surface area contributed by atoms with E-state index in [1.54, 1.807) is 66.7 Å². The summed E-state index contributed by atoms with van der Waals surface area (Å²) in [4.78, 5) is 31.1. The number of para-hydroxylation sites is 1. The molecule has 0 radical (unpaired) electrons. The molecular formula is C22H16N2O4. The molecule has 3 aromatic carbocycles. The number of carboxylic acid groups (broad SMARTS) is 1. The number of nitrogens with one attached hydrogen (secondary N) is 1. The van der Waals surface area contributed by atoms with E-state index in [0.29, 0.717) is 33.6 Å². The SMILES string of the molecule is O=C(O)C(Oc1ccc(-c2nc3ccccc3c(=O)[nH]2)cc1)c1ccccc1. The molecule has 0 saturated heterocycles. The minimum atomic E-state index is -1.11. The Morgan fingerprint density at radius 2 is 1.61 bits per heavy atom. The normalized spacial score (nSPS) is 11.9. The van der Waals surface area contributed by atoms with Crippen LogP contribution in [0.2, 0.25) is 0 Å². The van der Waals surface area contributed by atoms with Crippen molar-refractivity contribution >= 4 is 16.9 Å². The summed E-state index contributed by atoms with van der Waals surface area (Å²) < 4.78 is 5.65. The van der Waals surface area contributed by atoms with Gasteiger partial charge in [-0.05, 0) is 36.4 Å². The molecule has 6 nitrogen and oxygen atoms in total. The van der Waals surface area contributed by atoms with Crippen molar-refractivity contribution in [1.82, 2.24) is 9.97 Å². The van der Waals surface area contributed by atoms with E-state index in [9.17, 15) is 14.7 Å². The fraction of sp³-hybridized carbons (Fsp3) is 0.0455.